The molecule has 0 aromatic heterocycles. The van der Waals surface area contributed by atoms with Gasteiger partial charge in [-0.2, -0.15) is 13.2 Å². The molecule has 5 rings (SSSR count). The number of ether oxygens (including phenoxy) is 1. The molecule has 2 aliphatic heterocycles. The number of piperidine rings is 1. The lowest BCUT2D eigenvalue weighted by atomic mass is 9.80. The third-order valence-corrected chi connectivity index (χ3v) is 9.80. The fraction of sp³-hybridized carbons (Fsp3) is 0.562. The number of benzene rings is 2. The van der Waals surface area contributed by atoms with Crippen LogP contribution in [0, 0.1) is 23.6 Å². The van der Waals surface area contributed by atoms with Crippen LogP contribution in [0.5, 0.6) is 5.75 Å². The summed E-state index contributed by atoms with van der Waals surface area (Å²) in [5.41, 5.74) is 1.22. The van der Waals surface area contributed by atoms with E-state index < -0.39 is 17.6 Å². The molecule has 0 spiro atoms. The Morgan fingerprint density at radius 3 is 2.58 bits per heavy atom. The van der Waals surface area contributed by atoms with Gasteiger partial charge in [0.25, 0.3) is 6.47 Å². The molecule has 11 heteroatoms. The summed E-state index contributed by atoms with van der Waals surface area (Å²) in [6.07, 6.45) is -0.194. The second-order valence-electron chi connectivity index (χ2n) is 12.2. The summed E-state index contributed by atoms with van der Waals surface area (Å²) in [5.74, 6) is -0.363. The molecular weight excluding hydrogens is 588 g/mol. The van der Waals surface area contributed by atoms with E-state index in [4.69, 9.17) is 16.3 Å². The Hall–Kier alpha value is -2.69. The van der Waals surface area contributed by atoms with E-state index in [1.54, 1.807) is 17.0 Å². The van der Waals surface area contributed by atoms with Crippen LogP contribution in [-0.2, 0) is 28.7 Å². The molecule has 2 heterocycles. The van der Waals surface area contributed by atoms with Gasteiger partial charge in [0.1, 0.15) is 0 Å². The minimum absolute atomic E-state index is 0.0323. The van der Waals surface area contributed by atoms with Crippen molar-refractivity contribution in [3.8, 4) is 5.75 Å². The number of carbonyl (C=O) groups is 2. The number of hydrogen-bond donors (Lipinski definition) is 1. The summed E-state index contributed by atoms with van der Waals surface area (Å²) in [4.78, 5) is 28.4. The van der Waals surface area contributed by atoms with Gasteiger partial charge in [-0.25, -0.2) is 4.39 Å². The Morgan fingerprint density at radius 2 is 1.93 bits per heavy atom. The second-order valence-corrected chi connectivity index (χ2v) is 12.6. The van der Waals surface area contributed by atoms with Crippen molar-refractivity contribution in [3.63, 3.8) is 0 Å². The number of amides is 1. The van der Waals surface area contributed by atoms with Crippen LogP contribution in [0.15, 0.2) is 30.3 Å². The monoisotopic (exact) mass is 624 g/mol. The maximum Gasteiger partial charge on any atom is 0.416 e. The number of aliphatic hydroxyl groups excluding tert-OH is 1. The molecular formula is C32H37ClF4N2O4. The van der Waals surface area contributed by atoms with Crippen molar-refractivity contribution >= 4 is 24.0 Å². The van der Waals surface area contributed by atoms with E-state index in [0.717, 1.165) is 37.0 Å². The molecule has 234 valence electrons. The lowest BCUT2D eigenvalue weighted by molar-refractivity contribution is -0.137. The molecule has 1 aliphatic carbocycles. The van der Waals surface area contributed by atoms with Gasteiger partial charge < -0.3 is 14.7 Å². The van der Waals surface area contributed by atoms with Gasteiger partial charge in [-0.1, -0.05) is 24.6 Å². The average molecular weight is 625 g/mol. The largest absolute Gasteiger partial charge is 0.426 e. The number of likely N-dealkylation sites (tertiary alicyclic amines) is 1. The van der Waals surface area contributed by atoms with Crippen LogP contribution < -0.4 is 4.74 Å². The molecule has 2 aromatic carbocycles. The van der Waals surface area contributed by atoms with E-state index >= 15 is 0 Å². The van der Waals surface area contributed by atoms with Gasteiger partial charge in [0.05, 0.1) is 12.2 Å². The predicted molar refractivity (Wildman–Crippen MR) is 153 cm³/mol. The lowest BCUT2D eigenvalue weighted by Gasteiger charge is -2.41. The number of halogens is 5. The number of carbonyl (C=O) groups excluding carboxylic acids is 2. The average Bonchev–Trinajstić information content (AvgIpc) is 3.81. The molecule has 0 unspecified atom stereocenters. The zero-order valence-corrected chi connectivity index (χ0v) is 24.8. The number of alkyl halides is 3. The van der Waals surface area contributed by atoms with E-state index in [2.05, 4.69) is 11.8 Å². The molecule has 1 saturated carbocycles. The first-order chi connectivity index (χ1) is 20.5. The Morgan fingerprint density at radius 1 is 1.16 bits per heavy atom. The summed E-state index contributed by atoms with van der Waals surface area (Å²) in [5, 5.41) is 10.4. The first-order valence-electron chi connectivity index (χ1n) is 14.9. The molecule has 6 nitrogen and oxygen atoms in total. The number of hydrogen-bond acceptors (Lipinski definition) is 5. The smallest absolute Gasteiger partial charge is 0.416 e. The van der Waals surface area contributed by atoms with Crippen molar-refractivity contribution in [2.24, 2.45) is 17.8 Å². The van der Waals surface area contributed by atoms with Crippen molar-refractivity contribution in [1.29, 1.82) is 0 Å². The highest BCUT2D eigenvalue weighted by Crippen LogP contribution is 2.43. The SMILES string of the molecule is C[C@H]1CN([C@@H](CO)CC[C@@H](C(=O)N2CCc3c(Cl)cc(C(F)(F)F)cc3C2)C2CC2)CC[C@@H]1c1ccc(F)c(OC=O)c1. The van der Waals surface area contributed by atoms with Crippen LogP contribution in [0.1, 0.15) is 67.2 Å². The summed E-state index contributed by atoms with van der Waals surface area (Å²) < 4.78 is 58.9. The van der Waals surface area contributed by atoms with Gasteiger partial charge in [-0.15, -0.1) is 0 Å². The molecule has 0 bridgehead atoms. The molecule has 43 heavy (non-hydrogen) atoms. The van der Waals surface area contributed by atoms with Crippen molar-refractivity contribution in [3.05, 3.63) is 63.4 Å². The van der Waals surface area contributed by atoms with E-state index in [0.29, 0.717) is 50.0 Å². The Balaban J connectivity index is 1.21. The minimum Gasteiger partial charge on any atom is -0.426 e. The maximum absolute atomic E-state index is 14.0. The van der Waals surface area contributed by atoms with Gasteiger partial charge >= 0.3 is 6.18 Å². The van der Waals surface area contributed by atoms with Crippen molar-refractivity contribution in [2.75, 3.05) is 26.2 Å². The van der Waals surface area contributed by atoms with E-state index in [9.17, 15) is 32.3 Å². The zero-order valence-electron chi connectivity index (χ0n) is 24.1. The minimum atomic E-state index is -4.51. The fourth-order valence-electron chi connectivity index (χ4n) is 6.95. The van der Waals surface area contributed by atoms with Crippen LogP contribution in [0.2, 0.25) is 5.02 Å². The lowest BCUT2D eigenvalue weighted by Crippen LogP contribution is -2.47. The molecule has 1 N–H and O–H groups in total. The second kappa shape index (κ2) is 13.1. The third kappa shape index (κ3) is 7.18. The van der Waals surface area contributed by atoms with Gasteiger partial charge in [0.15, 0.2) is 11.6 Å². The van der Waals surface area contributed by atoms with E-state index in [1.807, 2.05) is 0 Å². The van der Waals surface area contributed by atoms with Gasteiger partial charge in [0, 0.05) is 36.6 Å². The van der Waals surface area contributed by atoms with Crippen molar-refractivity contribution in [1.82, 2.24) is 9.80 Å². The molecule has 1 saturated heterocycles. The summed E-state index contributed by atoms with van der Waals surface area (Å²) in [7, 11) is 0. The van der Waals surface area contributed by atoms with Crippen LogP contribution in [-0.4, -0.2) is 59.6 Å². The highest BCUT2D eigenvalue weighted by atomic mass is 35.5. The van der Waals surface area contributed by atoms with Gasteiger partial charge in [-0.3, -0.25) is 14.5 Å². The molecule has 3 aliphatic rings. The first kappa shape index (κ1) is 31.7. The van der Waals surface area contributed by atoms with E-state index in [-0.39, 0.29) is 66.0 Å². The number of aliphatic hydroxyl groups is 1. The number of nitrogens with zero attached hydrogens (tertiary/aromatic N) is 2. The summed E-state index contributed by atoms with van der Waals surface area (Å²) >= 11 is 6.19. The van der Waals surface area contributed by atoms with Crippen molar-refractivity contribution < 1.29 is 37.0 Å². The normalized spacial score (nSPS) is 22.5. The standard InChI is InChI=1S/C32H37ClF4N2O4/c1-19-15-38(10-8-25(19)21-4-7-29(34)30(13-21)43-18-41)24(17-40)5-6-27(20-2-3-20)31(42)39-11-9-26-22(16-39)12-23(14-28(26)33)32(35,36)37/h4,7,12-14,18-20,24-25,27,40H,2-3,5-6,8-11,15-17H2,1H3/t19-,24+,25-,27+/m0/s1. The topological polar surface area (TPSA) is 70.1 Å². The molecule has 1 amide bonds. The number of rotatable bonds is 10. The van der Waals surface area contributed by atoms with Gasteiger partial charge in [0.2, 0.25) is 5.91 Å². The van der Waals surface area contributed by atoms with Crippen LogP contribution in [0.25, 0.3) is 0 Å². The summed E-state index contributed by atoms with van der Waals surface area (Å²) in [6.45, 7) is 4.22. The molecule has 2 fully saturated rings. The molecule has 2 aromatic rings. The Kier molecular flexibility index (Phi) is 9.68. The Bertz CT molecular complexity index is 1340. The summed E-state index contributed by atoms with van der Waals surface area (Å²) in [6, 6.07) is 6.55. The quantitative estimate of drug-likeness (QED) is 0.251. The van der Waals surface area contributed by atoms with E-state index in [1.165, 1.54) is 6.07 Å². The highest BCUT2D eigenvalue weighted by molar-refractivity contribution is 6.31. The van der Waals surface area contributed by atoms with Crippen molar-refractivity contribution in [2.45, 2.75) is 70.1 Å². The van der Waals surface area contributed by atoms with Crippen LogP contribution >= 0.6 is 11.6 Å². The third-order valence-electron chi connectivity index (χ3n) is 9.46. The van der Waals surface area contributed by atoms with Crippen LogP contribution in [0.4, 0.5) is 17.6 Å². The fourth-order valence-corrected chi connectivity index (χ4v) is 7.28. The number of fused-ring (bicyclic) bond motifs is 1. The Labute approximate surface area is 253 Å². The first-order valence-corrected chi connectivity index (χ1v) is 15.3. The van der Waals surface area contributed by atoms with Gasteiger partial charge in [-0.05, 0) is 104 Å². The zero-order chi connectivity index (χ0) is 30.9. The molecule has 4 atom stereocenters. The van der Waals surface area contributed by atoms with Crippen LogP contribution in [0.3, 0.4) is 0 Å². The maximum atomic E-state index is 14.0. The highest BCUT2D eigenvalue weighted by Gasteiger charge is 2.40. The predicted octanol–water partition coefficient (Wildman–Crippen LogP) is 6.21. The molecule has 0 radical (unpaired) electrons.